The van der Waals surface area contributed by atoms with E-state index < -0.39 is 5.41 Å². The van der Waals surface area contributed by atoms with E-state index in [1.807, 2.05) is 34.8 Å². The van der Waals surface area contributed by atoms with Gasteiger partial charge in [-0.2, -0.15) is 11.8 Å². The number of fused-ring (bicyclic) bond motifs is 4. The topological polar surface area (TPSA) is 75.8 Å². The van der Waals surface area contributed by atoms with Crippen molar-refractivity contribution < 1.29 is 9.59 Å². The van der Waals surface area contributed by atoms with Gasteiger partial charge in [-0.25, -0.2) is 4.98 Å². The number of likely N-dealkylation sites (N-methyl/N-ethyl adjacent to an activating group) is 1. The molecule has 1 N–H and O–H groups in total. The van der Waals surface area contributed by atoms with Crippen LogP contribution in [0.2, 0.25) is 0 Å². The van der Waals surface area contributed by atoms with Crippen LogP contribution in [0, 0.1) is 0 Å². The zero-order valence-corrected chi connectivity index (χ0v) is 28.5. The van der Waals surface area contributed by atoms with Crippen molar-refractivity contribution in [2.45, 2.75) is 55.9 Å². The number of aromatic nitrogens is 2. The third-order valence-corrected chi connectivity index (χ3v) is 12.4. The molecule has 2 aromatic carbocycles. The molecule has 2 aromatic heterocycles. The summed E-state index contributed by atoms with van der Waals surface area (Å²) >= 11 is 2.00. The molecule has 0 saturated carbocycles. The van der Waals surface area contributed by atoms with Crippen LogP contribution in [0.4, 0.5) is 5.69 Å². The molecule has 0 bridgehead atoms. The molecule has 244 valence electrons. The zero-order chi connectivity index (χ0) is 32.3. The predicted octanol–water partition coefficient (Wildman–Crippen LogP) is 5.77. The van der Waals surface area contributed by atoms with Crippen molar-refractivity contribution in [2.75, 3.05) is 57.5 Å². The van der Waals surface area contributed by atoms with E-state index in [0.717, 1.165) is 95.5 Å². The normalized spacial score (nSPS) is 20.7. The lowest BCUT2D eigenvalue weighted by molar-refractivity contribution is -0.133. The average molecular weight is 649 g/mol. The number of H-pyrrole nitrogens is 1. The Morgan fingerprint density at radius 2 is 1.66 bits per heavy atom. The highest BCUT2D eigenvalue weighted by Crippen LogP contribution is 2.53. The maximum Gasteiger partial charge on any atom is 0.240 e. The molecule has 4 aliphatic rings. The van der Waals surface area contributed by atoms with E-state index in [4.69, 9.17) is 4.98 Å². The third kappa shape index (κ3) is 5.18. The van der Waals surface area contributed by atoms with Crippen molar-refractivity contribution >= 4 is 40.3 Å². The van der Waals surface area contributed by atoms with E-state index in [9.17, 15) is 9.59 Å². The number of nitrogens with zero attached hydrogens (tertiary/aromatic N) is 5. The number of amides is 2. The van der Waals surface area contributed by atoms with E-state index >= 15 is 0 Å². The fourth-order valence-corrected chi connectivity index (χ4v) is 9.30. The second kappa shape index (κ2) is 12.1. The SMILES string of the molecule is CSC1CCN(Cc2ccc(-c3[nH]c4ncc5c(c4c3-c3ccccc3)C3(CN(C4CCN(C(C)=O)CC4)C3)C(=O)N5C)cc2)CC1. The van der Waals surface area contributed by atoms with Crippen LogP contribution in [-0.4, -0.2) is 100 Å². The Bertz CT molecular complexity index is 1800. The molecular weight excluding hydrogens is 605 g/mol. The number of aromatic amines is 1. The number of piperidine rings is 2. The minimum Gasteiger partial charge on any atom is -0.343 e. The summed E-state index contributed by atoms with van der Waals surface area (Å²) in [6.45, 7) is 7.93. The average Bonchev–Trinajstić information content (AvgIpc) is 3.58. The number of carbonyl (C=O) groups is 2. The van der Waals surface area contributed by atoms with Gasteiger partial charge in [-0.05, 0) is 61.7 Å². The fraction of sp³-hybridized carbons (Fsp3) is 0.447. The minimum absolute atomic E-state index is 0.151. The molecule has 9 heteroatoms. The first-order chi connectivity index (χ1) is 22.9. The molecule has 2 amide bonds. The van der Waals surface area contributed by atoms with Gasteiger partial charge >= 0.3 is 0 Å². The van der Waals surface area contributed by atoms with E-state index in [-0.39, 0.29) is 11.8 Å². The molecule has 3 saturated heterocycles. The summed E-state index contributed by atoms with van der Waals surface area (Å²) in [6, 6.07) is 20.0. The summed E-state index contributed by atoms with van der Waals surface area (Å²) in [5.74, 6) is 0.310. The van der Waals surface area contributed by atoms with Gasteiger partial charge < -0.3 is 14.8 Å². The summed E-state index contributed by atoms with van der Waals surface area (Å²) in [4.78, 5) is 43.5. The summed E-state index contributed by atoms with van der Waals surface area (Å²) in [5.41, 5.74) is 8.00. The summed E-state index contributed by atoms with van der Waals surface area (Å²) in [7, 11) is 1.90. The van der Waals surface area contributed by atoms with Gasteiger partial charge in [0, 0.05) is 74.5 Å². The van der Waals surface area contributed by atoms with Crippen LogP contribution in [-0.2, 0) is 21.5 Å². The smallest absolute Gasteiger partial charge is 0.240 e. The Hall–Kier alpha value is -3.66. The molecule has 8 rings (SSSR count). The molecule has 0 aliphatic carbocycles. The highest BCUT2D eigenvalue weighted by molar-refractivity contribution is 7.99. The number of likely N-dealkylation sites (tertiary alicyclic amines) is 3. The van der Waals surface area contributed by atoms with Crippen LogP contribution in [0.1, 0.15) is 43.7 Å². The number of benzene rings is 2. The molecule has 1 spiro atoms. The van der Waals surface area contributed by atoms with Gasteiger partial charge in [0.15, 0.2) is 0 Å². The summed E-state index contributed by atoms with van der Waals surface area (Å²) in [6.07, 6.45) is 8.55. The molecule has 4 aromatic rings. The molecule has 47 heavy (non-hydrogen) atoms. The second-order valence-corrected chi connectivity index (χ2v) is 15.1. The first-order valence-corrected chi connectivity index (χ1v) is 18.4. The van der Waals surface area contributed by atoms with Crippen LogP contribution in [0.3, 0.4) is 0 Å². The molecule has 6 heterocycles. The Morgan fingerprint density at radius 1 is 0.957 bits per heavy atom. The molecule has 0 atom stereocenters. The number of hydrogen-bond acceptors (Lipinski definition) is 6. The number of pyridine rings is 1. The van der Waals surface area contributed by atoms with Crippen molar-refractivity contribution in [1.82, 2.24) is 24.7 Å². The molecule has 0 radical (unpaired) electrons. The lowest BCUT2D eigenvalue weighted by atomic mass is 9.71. The first kappa shape index (κ1) is 30.7. The summed E-state index contributed by atoms with van der Waals surface area (Å²) in [5, 5.41) is 1.86. The maximum atomic E-state index is 14.1. The van der Waals surface area contributed by atoms with Gasteiger partial charge in [0.1, 0.15) is 11.1 Å². The predicted molar refractivity (Wildman–Crippen MR) is 191 cm³/mol. The van der Waals surface area contributed by atoms with E-state index in [1.54, 1.807) is 6.92 Å². The standard InChI is InChI=1S/C38H44N6O2S/c1-25(45)43-19-13-29(14-20-43)44-23-38(24-44)34-31(41(2)37(38)46)21-39-36-33(34)32(27-7-5-4-6-8-27)35(40-36)28-11-9-26(10-12-28)22-42-17-15-30(47-3)16-18-42/h4-12,21,29-30H,13-20,22-24H2,1-3H3,(H,39,40). The highest BCUT2D eigenvalue weighted by Gasteiger charge is 2.59. The molecule has 3 fully saturated rings. The number of anilines is 1. The van der Waals surface area contributed by atoms with Gasteiger partial charge in [0.2, 0.25) is 11.8 Å². The minimum atomic E-state index is -0.598. The zero-order valence-electron chi connectivity index (χ0n) is 27.7. The third-order valence-electron chi connectivity index (χ3n) is 11.3. The van der Waals surface area contributed by atoms with E-state index in [1.165, 1.54) is 18.4 Å². The van der Waals surface area contributed by atoms with Gasteiger partial charge in [-0.1, -0.05) is 54.6 Å². The lowest BCUT2D eigenvalue weighted by Gasteiger charge is -2.52. The Labute approximate surface area is 281 Å². The Kier molecular flexibility index (Phi) is 7.89. The number of thioether (sulfide) groups is 1. The van der Waals surface area contributed by atoms with Gasteiger partial charge in [-0.3, -0.25) is 19.4 Å². The van der Waals surface area contributed by atoms with Crippen molar-refractivity contribution in [3.8, 4) is 22.4 Å². The van der Waals surface area contributed by atoms with Crippen LogP contribution in [0.25, 0.3) is 33.4 Å². The van der Waals surface area contributed by atoms with Gasteiger partial charge in [-0.15, -0.1) is 0 Å². The molecule has 8 nitrogen and oxygen atoms in total. The van der Waals surface area contributed by atoms with Crippen LogP contribution < -0.4 is 4.90 Å². The number of nitrogens with one attached hydrogen (secondary N) is 1. The maximum absolute atomic E-state index is 14.1. The van der Waals surface area contributed by atoms with Crippen LogP contribution >= 0.6 is 11.8 Å². The van der Waals surface area contributed by atoms with E-state index in [0.29, 0.717) is 19.1 Å². The van der Waals surface area contributed by atoms with Crippen LogP contribution in [0.15, 0.2) is 60.8 Å². The highest BCUT2D eigenvalue weighted by atomic mass is 32.2. The molecular formula is C38H44N6O2S. The van der Waals surface area contributed by atoms with Crippen molar-refractivity contribution in [1.29, 1.82) is 0 Å². The monoisotopic (exact) mass is 648 g/mol. The van der Waals surface area contributed by atoms with Gasteiger partial charge in [0.25, 0.3) is 0 Å². The molecule has 0 unspecified atom stereocenters. The quantitative estimate of drug-likeness (QED) is 0.287. The Morgan fingerprint density at radius 3 is 2.32 bits per heavy atom. The number of hydrogen-bond donors (Lipinski definition) is 1. The second-order valence-electron chi connectivity index (χ2n) is 14.0. The van der Waals surface area contributed by atoms with Crippen LogP contribution in [0.5, 0.6) is 0 Å². The lowest BCUT2D eigenvalue weighted by Crippen LogP contribution is -2.67. The molecule has 4 aliphatic heterocycles. The van der Waals surface area contributed by atoms with Crippen molar-refractivity contribution in [3.63, 3.8) is 0 Å². The fourth-order valence-electron chi connectivity index (χ4n) is 8.61. The number of carbonyl (C=O) groups excluding carboxylic acids is 2. The first-order valence-electron chi connectivity index (χ1n) is 17.1. The van der Waals surface area contributed by atoms with Crippen molar-refractivity contribution in [2.24, 2.45) is 0 Å². The van der Waals surface area contributed by atoms with E-state index in [2.05, 4.69) is 75.6 Å². The largest absolute Gasteiger partial charge is 0.343 e. The van der Waals surface area contributed by atoms with Crippen molar-refractivity contribution in [3.05, 3.63) is 71.9 Å². The summed E-state index contributed by atoms with van der Waals surface area (Å²) < 4.78 is 0. The Balaban J connectivity index is 1.15. The van der Waals surface area contributed by atoms with Gasteiger partial charge in [0.05, 0.1) is 17.6 Å². The number of rotatable bonds is 6.